The van der Waals surface area contributed by atoms with Gasteiger partial charge in [-0.25, -0.2) is 12.8 Å². The number of nitrogens with zero attached hydrogens (tertiary/aromatic N) is 2. The van der Waals surface area contributed by atoms with Gasteiger partial charge >= 0.3 is 0 Å². The summed E-state index contributed by atoms with van der Waals surface area (Å²) in [6.07, 6.45) is 4.02. The lowest BCUT2D eigenvalue weighted by molar-refractivity contribution is -0.132. The number of β-amino-alcohol motifs (C(OH)–C–C–N with tert-alkyl or cyclic N) is 1. The Hall–Kier alpha value is -2.75. The Balaban J connectivity index is 1.36. The van der Waals surface area contributed by atoms with Gasteiger partial charge in [0.25, 0.3) is 0 Å². The third-order valence-electron chi connectivity index (χ3n) is 6.62. The van der Waals surface area contributed by atoms with Crippen molar-refractivity contribution in [3.05, 3.63) is 54.5 Å². The van der Waals surface area contributed by atoms with E-state index < -0.39 is 15.6 Å². The molecule has 2 aliphatic rings. The summed E-state index contributed by atoms with van der Waals surface area (Å²) >= 11 is 0. The van der Waals surface area contributed by atoms with Gasteiger partial charge in [-0.1, -0.05) is 12.1 Å². The van der Waals surface area contributed by atoms with E-state index in [-0.39, 0.29) is 29.7 Å². The predicted molar refractivity (Wildman–Crippen MR) is 122 cm³/mol. The monoisotopic (exact) mass is 471 g/mol. The van der Waals surface area contributed by atoms with E-state index in [1.54, 1.807) is 41.4 Å². The van der Waals surface area contributed by atoms with Crippen molar-refractivity contribution in [2.24, 2.45) is 0 Å². The van der Waals surface area contributed by atoms with Crippen molar-refractivity contribution < 1.29 is 22.7 Å². The van der Waals surface area contributed by atoms with E-state index >= 15 is 0 Å². The van der Waals surface area contributed by atoms with Crippen LogP contribution in [0, 0.1) is 5.82 Å². The van der Waals surface area contributed by atoms with Crippen molar-refractivity contribution in [3.8, 4) is 11.1 Å². The summed E-state index contributed by atoms with van der Waals surface area (Å²) in [6, 6.07) is 11.1. The average Bonchev–Trinajstić information content (AvgIpc) is 3.39. The second-order valence-corrected chi connectivity index (χ2v) is 10.9. The van der Waals surface area contributed by atoms with E-state index in [2.05, 4.69) is 4.98 Å². The molecule has 0 spiro atoms. The largest absolute Gasteiger partial charge is 0.387 e. The molecular formula is C24H26FN3O4S. The SMILES string of the molecule is O=C1CCCN1CC1(O)CCCN(S(=O)(=O)c2ccc(-c3c[nH]c4cc(F)ccc34)cc2)C1. The van der Waals surface area contributed by atoms with Gasteiger partial charge in [-0.05, 0) is 55.2 Å². The minimum atomic E-state index is -3.80. The van der Waals surface area contributed by atoms with Crippen LogP contribution in [0.3, 0.4) is 0 Å². The van der Waals surface area contributed by atoms with Crippen molar-refractivity contribution in [2.45, 2.75) is 36.2 Å². The van der Waals surface area contributed by atoms with Crippen LogP contribution in [0.15, 0.2) is 53.6 Å². The molecule has 2 aliphatic heterocycles. The van der Waals surface area contributed by atoms with Crippen molar-refractivity contribution in [1.29, 1.82) is 0 Å². The van der Waals surface area contributed by atoms with Crippen molar-refractivity contribution in [2.75, 3.05) is 26.2 Å². The number of halogens is 1. The van der Waals surface area contributed by atoms with Crippen molar-refractivity contribution in [3.63, 3.8) is 0 Å². The standard InChI is InChI=1S/C24H26FN3O4S/c25-18-6-9-20-21(14-26-22(20)13-18)17-4-7-19(8-5-17)33(31,32)28-12-2-10-24(30,16-28)15-27-11-1-3-23(27)29/h4-9,13-14,26,30H,1-3,10-12,15-16H2. The second kappa shape index (κ2) is 8.23. The Labute approximate surface area is 191 Å². The first-order chi connectivity index (χ1) is 15.7. The molecule has 2 fully saturated rings. The van der Waals surface area contributed by atoms with Gasteiger partial charge < -0.3 is 15.0 Å². The summed E-state index contributed by atoms with van der Waals surface area (Å²) in [6.45, 7) is 1.07. The lowest BCUT2D eigenvalue weighted by atomic mass is 9.93. The Bertz CT molecular complexity index is 1300. The normalized spacial score (nSPS) is 22.4. The molecule has 7 nitrogen and oxygen atoms in total. The quantitative estimate of drug-likeness (QED) is 0.598. The number of carbonyl (C=O) groups is 1. The number of hydrogen-bond acceptors (Lipinski definition) is 4. The Morgan fingerprint density at radius 2 is 1.88 bits per heavy atom. The number of carbonyl (C=O) groups excluding carboxylic acids is 1. The van der Waals surface area contributed by atoms with Gasteiger partial charge in [0.1, 0.15) is 5.82 Å². The highest BCUT2D eigenvalue weighted by molar-refractivity contribution is 7.89. The zero-order chi connectivity index (χ0) is 23.2. The molecule has 1 aromatic heterocycles. The highest BCUT2D eigenvalue weighted by Crippen LogP contribution is 2.32. The maximum Gasteiger partial charge on any atom is 0.243 e. The number of hydrogen-bond donors (Lipinski definition) is 2. The van der Waals surface area contributed by atoms with Crippen LogP contribution in [0.1, 0.15) is 25.7 Å². The topological polar surface area (TPSA) is 93.7 Å². The predicted octanol–water partition coefficient (Wildman–Crippen LogP) is 3.11. The van der Waals surface area contributed by atoms with E-state index in [1.807, 2.05) is 0 Å². The molecule has 1 unspecified atom stereocenters. The molecule has 1 atom stereocenters. The maximum atomic E-state index is 13.5. The summed E-state index contributed by atoms with van der Waals surface area (Å²) in [5.74, 6) is -0.313. The number of benzene rings is 2. The summed E-state index contributed by atoms with van der Waals surface area (Å²) < 4.78 is 41.4. The number of aliphatic hydroxyl groups is 1. The minimum absolute atomic E-state index is 0.0130. The zero-order valence-electron chi connectivity index (χ0n) is 18.1. The smallest absolute Gasteiger partial charge is 0.243 e. The first kappa shape index (κ1) is 22.1. The lowest BCUT2D eigenvalue weighted by Crippen LogP contribution is -2.55. The van der Waals surface area contributed by atoms with Crippen LogP contribution < -0.4 is 0 Å². The van der Waals surface area contributed by atoms with Gasteiger partial charge in [-0.3, -0.25) is 4.79 Å². The van der Waals surface area contributed by atoms with E-state index in [0.29, 0.717) is 37.9 Å². The Morgan fingerprint density at radius 3 is 2.61 bits per heavy atom. The number of sulfonamides is 1. The summed E-state index contributed by atoms with van der Waals surface area (Å²) in [4.78, 5) is 16.8. The highest BCUT2D eigenvalue weighted by atomic mass is 32.2. The number of aromatic amines is 1. The molecule has 3 aromatic rings. The van der Waals surface area contributed by atoms with Crippen molar-refractivity contribution >= 4 is 26.8 Å². The average molecular weight is 472 g/mol. The number of fused-ring (bicyclic) bond motifs is 1. The Morgan fingerprint density at radius 1 is 1.09 bits per heavy atom. The molecule has 2 aromatic carbocycles. The second-order valence-electron chi connectivity index (χ2n) is 9.00. The molecule has 0 radical (unpaired) electrons. The summed E-state index contributed by atoms with van der Waals surface area (Å²) in [5, 5.41) is 11.9. The van der Waals surface area contributed by atoms with E-state index in [1.165, 1.54) is 16.4 Å². The van der Waals surface area contributed by atoms with Gasteiger partial charge in [0, 0.05) is 48.7 Å². The maximum absolute atomic E-state index is 13.5. The van der Waals surface area contributed by atoms with Crippen LogP contribution in [0.2, 0.25) is 0 Å². The molecule has 33 heavy (non-hydrogen) atoms. The molecule has 5 rings (SSSR count). The molecule has 0 aliphatic carbocycles. The van der Waals surface area contributed by atoms with Crippen LogP contribution in [-0.4, -0.2) is 65.4 Å². The van der Waals surface area contributed by atoms with E-state index in [0.717, 1.165) is 22.9 Å². The highest BCUT2D eigenvalue weighted by Gasteiger charge is 2.41. The third kappa shape index (κ3) is 4.16. The third-order valence-corrected chi connectivity index (χ3v) is 8.48. The minimum Gasteiger partial charge on any atom is -0.387 e. The molecule has 2 saturated heterocycles. The van der Waals surface area contributed by atoms with Crippen LogP contribution in [0.4, 0.5) is 4.39 Å². The molecule has 174 valence electrons. The lowest BCUT2D eigenvalue weighted by Gasteiger charge is -2.40. The van der Waals surface area contributed by atoms with E-state index in [4.69, 9.17) is 0 Å². The van der Waals surface area contributed by atoms with Crippen LogP contribution in [0.25, 0.3) is 22.0 Å². The number of nitrogens with one attached hydrogen (secondary N) is 1. The molecule has 0 saturated carbocycles. The van der Waals surface area contributed by atoms with Gasteiger partial charge in [0.05, 0.1) is 17.0 Å². The molecule has 1 amide bonds. The number of rotatable bonds is 5. The van der Waals surface area contributed by atoms with Crippen LogP contribution in [-0.2, 0) is 14.8 Å². The molecule has 2 N–H and O–H groups in total. The summed E-state index contributed by atoms with van der Waals surface area (Å²) in [7, 11) is -3.80. The van der Waals surface area contributed by atoms with Gasteiger partial charge in [0.2, 0.25) is 15.9 Å². The number of H-pyrrole nitrogens is 1. The van der Waals surface area contributed by atoms with Gasteiger partial charge in [-0.2, -0.15) is 4.31 Å². The molecule has 3 heterocycles. The first-order valence-corrected chi connectivity index (χ1v) is 12.6. The molecular weight excluding hydrogens is 445 g/mol. The van der Waals surface area contributed by atoms with Crippen molar-refractivity contribution in [1.82, 2.24) is 14.2 Å². The number of amides is 1. The first-order valence-electron chi connectivity index (χ1n) is 11.1. The molecule has 9 heteroatoms. The fraction of sp³-hybridized carbons (Fsp3) is 0.375. The number of piperidine rings is 1. The fourth-order valence-electron chi connectivity index (χ4n) is 4.92. The van der Waals surface area contributed by atoms with Crippen LogP contribution >= 0.6 is 0 Å². The number of aromatic nitrogens is 1. The molecule has 0 bridgehead atoms. The number of likely N-dealkylation sites (tertiary alicyclic amines) is 1. The zero-order valence-corrected chi connectivity index (χ0v) is 18.9. The Kier molecular flexibility index (Phi) is 5.50. The van der Waals surface area contributed by atoms with Gasteiger partial charge in [0.15, 0.2) is 0 Å². The summed E-state index contributed by atoms with van der Waals surface area (Å²) in [5.41, 5.74) is 1.10. The van der Waals surface area contributed by atoms with Crippen LogP contribution in [0.5, 0.6) is 0 Å². The van der Waals surface area contributed by atoms with E-state index in [9.17, 15) is 22.7 Å². The fourth-order valence-corrected chi connectivity index (χ4v) is 6.48. The van der Waals surface area contributed by atoms with Gasteiger partial charge in [-0.15, -0.1) is 0 Å².